The van der Waals surface area contributed by atoms with Crippen LogP contribution in [0.2, 0.25) is 0 Å². The second kappa shape index (κ2) is 5.89. The smallest absolute Gasteiger partial charge is 0.178 e. The molecule has 3 aromatic rings. The number of likely N-dealkylation sites (N-methyl/N-ethyl adjacent to an activating group) is 1. The highest BCUT2D eigenvalue weighted by molar-refractivity contribution is 5.50. The van der Waals surface area contributed by atoms with Crippen molar-refractivity contribution in [3.63, 3.8) is 0 Å². The molecular weight excluding hydrogens is 328 g/mol. The predicted molar refractivity (Wildman–Crippen MR) is 98.5 cm³/mol. The molecule has 1 aliphatic carbocycles. The van der Waals surface area contributed by atoms with Gasteiger partial charge in [-0.2, -0.15) is 4.52 Å². The summed E-state index contributed by atoms with van der Waals surface area (Å²) in [7, 11) is 2.12. The van der Waals surface area contributed by atoms with Gasteiger partial charge in [0, 0.05) is 32.3 Å². The third-order valence-electron chi connectivity index (χ3n) is 5.63. The number of fused-ring (bicyclic) bond motifs is 1. The van der Waals surface area contributed by atoms with Crippen LogP contribution in [0.1, 0.15) is 36.8 Å². The van der Waals surface area contributed by atoms with Crippen LogP contribution in [0.15, 0.2) is 24.4 Å². The third-order valence-corrected chi connectivity index (χ3v) is 5.63. The van der Waals surface area contributed by atoms with Crippen LogP contribution in [0.4, 0.5) is 11.6 Å². The predicted octanol–water partition coefficient (Wildman–Crippen LogP) is 1.82. The molecule has 8 heteroatoms. The van der Waals surface area contributed by atoms with Gasteiger partial charge in [0.25, 0.3) is 0 Å². The van der Waals surface area contributed by atoms with Gasteiger partial charge in [-0.15, -0.1) is 15.3 Å². The molecule has 0 spiro atoms. The van der Waals surface area contributed by atoms with Crippen LogP contribution >= 0.6 is 0 Å². The Hall–Kier alpha value is -2.77. The van der Waals surface area contributed by atoms with Crippen molar-refractivity contribution in [2.24, 2.45) is 0 Å². The fourth-order valence-electron chi connectivity index (χ4n) is 3.55. The van der Waals surface area contributed by atoms with E-state index in [0.29, 0.717) is 12.0 Å². The van der Waals surface area contributed by atoms with Gasteiger partial charge in [-0.1, -0.05) is 6.42 Å². The van der Waals surface area contributed by atoms with E-state index in [1.165, 1.54) is 19.3 Å². The van der Waals surface area contributed by atoms with Crippen molar-refractivity contribution in [3.8, 4) is 0 Å². The summed E-state index contributed by atoms with van der Waals surface area (Å²) < 4.78 is 1.79. The summed E-state index contributed by atoms with van der Waals surface area (Å²) in [5, 5.41) is 12.8. The van der Waals surface area contributed by atoms with E-state index in [1.807, 2.05) is 31.3 Å². The summed E-state index contributed by atoms with van der Waals surface area (Å²) >= 11 is 0. The van der Waals surface area contributed by atoms with Gasteiger partial charge in [0.1, 0.15) is 17.5 Å². The normalized spacial score (nSPS) is 18.0. The molecule has 2 fully saturated rings. The van der Waals surface area contributed by atoms with E-state index >= 15 is 0 Å². The number of aryl methyl sites for hydroxylation is 1. The molecule has 134 valence electrons. The Bertz CT molecular complexity index is 941. The maximum Gasteiger partial charge on any atom is 0.178 e. The first-order chi connectivity index (χ1) is 12.7. The molecule has 0 bridgehead atoms. The van der Waals surface area contributed by atoms with Crippen LogP contribution in [0.25, 0.3) is 5.65 Å². The van der Waals surface area contributed by atoms with Gasteiger partial charge in [-0.3, -0.25) is 0 Å². The van der Waals surface area contributed by atoms with Crippen molar-refractivity contribution in [1.82, 2.24) is 29.8 Å². The van der Waals surface area contributed by atoms with Gasteiger partial charge in [0.05, 0.1) is 6.04 Å². The van der Waals surface area contributed by atoms with Crippen molar-refractivity contribution in [2.75, 3.05) is 29.9 Å². The van der Waals surface area contributed by atoms with Crippen LogP contribution in [-0.4, -0.2) is 56.0 Å². The summed E-state index contributed by atoms with van der Waals surface area (Å²) in [6, 6.07) is 6.42. The number of aromatic nitrogens is 6. The number of hydrogen-bond donors (Lipinski definition) is 0. The topological polar surface area (TPSA) is 75.3 Å². The lowest BCUT2D eigenvalue weighted by Crippen LogP contribution is -2.59. The maximum atomic E-state index is 4.80. The fourth-order valence-corrected chi connectivity index (χ4v) is 3.55. The molecule has 1 aliphatic heterocycles. The van der Waals surface area contributed by atoms with Crippen molar-refractivity contribution < 1.29 is 0 Å². The summed E-state index contributed by atoms with van der Waals surface area (Å²) in [6.45, 7) is 3.77. The highest BCUT2D eigenvalue weighted by atomic mass is 15.4. The standard InChI is InChI=1S/C18H22N8/c1-12-21-22-16-6-7-17(23-26(12)16)25-10-14(11-25)24(2)15-8-9-19-18(20-15)13-4-3-5-13/h6-9,13-14H,3-5,10-11H2,1-2H3. The third kappa shape index (κ3) is 2.48. The first kappa shape index (κ1) is 15.5. The molecule has 1 saturated heterocycles. The van der Waals surface area contributed by atoms with E-state index in [1.54, 1.807) is 4.52 Å². The van der Waals surface area contributed by atoms with E-state index in [2.05, 4.69) is 37.1 Å². The fraction of sp³-hybridized carbons (Fsp3) is 0.500. The molecule has 0 N–H and O–H groups in total. The Kier molecular flexibility index (Phi) is 3.51. The van der Waals surface area contributed by atoms with Gasteiger partial charge >= 0.3 is 0 Å². The van der Waals surface area contributed by atoms with E-state index < -0.39 is 0 Å². The Labute approximate surface area is 151 Å². The molecule has 4 heterocycles. The Morgan fingerprint density at radius 3 is 2.73 bits per heavy atom. The van der Waals surface area contributed by atoms with Gasteiger partial charge in [0.2, 0.25) is 0 Å². The van der Waals surface area contributed by atoms with Crippen molar-refractivity contribution >= 4 is 17.3 Å². The number of hydrogen-bond acceptors (Lipinski definition) is 7. The Balaban J connectivity index is 1.29. The van der Waals surface area contributed by atoms with E-state index in [0.717, 1.165) is 42.0 Å². The molecule has 5 rings (SSSR count). The second-order valence-corrected chi connectivity index (χ2v) is 7.28. The molecule has 3 aromatic heterocycles. The van der Waals surface area contributed by atoms with Crippen LogP contribution in [0.3, 0.4) is 0 Å². The van der Waals surface area contributed by atoms with Crippen LogP contribution in [-0.2, 0) is 0 Å². The Morgan fingerprint density at radius 1 is 1.12 bits per heavy atom. The van der Waals surface area contributed by atoms with E-state index in [4.69, 9.17) is 4.98 Å². The summed E-state index contributed by atoms with van der Waals surface area (Å²) in [4.78, 5) is 13.8. The van der Waals surface area contributed by atoms with Crippen LogP contribution < -0.4 is 9.80 Å². The number of nitrogens with zero attached hydrogens (tertiary/aromatic N) is 8. The minimum absolute atomic E-state index is 0.429. The minimum atomic E-state index is 0.429. The lowest BCUT2D eigenvalue weighted by molar-refractivity contribution is 0.400. The molecule has 2 aliphatic rings. The largest absolute Gasteiger partial charge is 0.353 e. The lowest BCUT2D eigenvalue weighted by atomic mass is 9.85. The maximum absolute atomic E-state index is 4.80. The monoisotopic (exact) mass is 350 g/mol. The minimum Gasteiger partial charge on any atom is -0.353 e. The van der Waals surface area contributed by atoms with Gasteiger partial charge < -0.3 is 9.80 Å². The quantitative estimate of drug-likeness (QED) is 0.710. The molecule has 0 amide bonds. The van der Waals surface area contributed by atoms with Crippen molar-refractivity contribution in [3.05, 3.63) is 36.0 Å². The molecular formula is C18H22N8. The summed E-state index contributed by atoms with van der Waals surface area (Å²) in [6.07, 6.45) is 5.64. The van der Waals surface area contributed by atoms with E-state index in [9.17, 15) is 0 Å². The lowest BCUT2D eigenvalue weighted by Gasteiger charge is -2.45. The highest BCUT2D eigenvalue weighted by Crippen LogP contribution is 2.35. The van der Waals surface area contributed by atoms with Gasteiger partial charge in [-0.05, 0) is 38.0 Å². The number of anilines is 2. The molecule has 0 atom stereocenters. The van der Waals surface area contributed by atoms with E-state index in [-0.39, 0.29) is 0 Å². The SMILES string of the molecule is Cc1nnc2ccc(N3CC(N(C)c4ccnc(C5CCC5)n4)C3)nn12. The molecule has 8 nitrogen and oxygen atoms in total. The van der Waals surface area contributed by atoms with Crippen molar-refractivity contribution in [2.45, 2.75) is 38.1 Å². The zero-order chi connectivity index (χ0) is 17.7. The van der Waals surface area contributed by atoms with Crippen molar-refractivity contribution in [1.29, 1.82) is 0 Å². The molecule has 26 heavy (non-hydrogen) atoms. The molecule has 1 saturated carbocycles. The first-order valence-electron chi connectivity index (χ1n) is 9.19. The summed E-state index contributed by atoms with van der Waals surface area (Å²) in [5.41, 5.74) is 0.782. The summed E-state index contributed by atoms with van der Waals surface area (Å²) in [5.74, 6) is 4.35. The molecule has 0 unspecified atom stereocenters. The van der Waals surface area contributed by atoms with Crippen LogP contribution in [0.5, 0.6) is 0 Å². The zero-order valence-corrected chi connectivity index (χ0v) is 15.1. The highest BCUT2D eigenvalue weighted by Gasteiger charge is 2.32. The second-order valence-electron chi connectivity index (χ2n) is 7.28. The molecule has 0 radical (unpaired) electrons. The molecule has 0 aromatic carbocycles. The Morgan fingerprint density at radius 2 is 1.96 bits per heavy atom. The number of rotatable bonds is 4. The average molecular weight is 350 g/mol. The van der Waals surface area contributed by atoms with Gasteiger partial charge in [-0.25, -0.2) is 9.97 Å². The van der Waals surface area contributed by atoms with Gasteiger partial charge in [0.15, 0.2) is 11.5 Å². The zero-order valence-electron chi connectivity index (χ0n) is 15.1. The average Bonchev–Trinajstić information content (AvgIpc) is 2.93. The first-order valence-corrected chi connectivity index (χ1v) is 9.19. The van der Waals surface area contributed by atoms with Crippen LogP contribution in [0, 0.1) is 6.92 Å².